The molecule has 0 fully saturated rings. The van der Waals surface area contributed by atoms with E-state index < -0.39 is 17.9 Å². The van der Waals surface area contributed by atoms with Crippen molar-refractivity contribution in [3.8, 4) is 5.75 Å². The third-order valence-corrected chi connectivity index (χ3v) is 3.61. The van der Waals surface area contributed by atoms with Crippen molar-refractivity contribution >= 4 is 23.2 Å². The van der Waals surface area contributed by atoms with E-state index in [4.69, 9.17) is 16.0 Å². The molecule has 1 aromatic heterocycles. The summed E-state index contributed by atoms with van der Waals surface area (Å²) in [7, 11) is 0. The van der Waals surface area contributed by atoms with E-state index >= 15 is 0 Å². The molecule has 4 N–H and O–H groups in total. The van der Waals surface area contributed by atoms with Crippen molar-refractivity contribution in [2.75, 3.05) is 11.5 Å². The number of hydrazine groups is 1. The monoisotopic (exact) mass is 325 g/mol. The minimum absolute atomic E-state index is 0.136. The number of nitrogens with zero attached hydrogens (tertiary/aromatic N) is 2. The lowest BCUT2D eigenvalue weighted by Gasteiger charge is -2.34. The Kier molecular flexibility index (Phi) is 4.21. The van der Waals surface area contributed by atoms with Gasteiger partial charge in [-0.15, -0.1) is 0 Å². The Labute approximate surface area is 137 Å². The molecule has 0 saturated carbocycles. The average Bonchev–Trinajstić information content (AvgIpc) is 2.64. The highest BCUT2D eigenvalue weighted by molar-refractivity contribution is 6.21. The summed E-state index contributed by atoms with van der Waals surface area (Å²) in [4.78, 5) is 30.1. The molecule has 8 nitrogen and oxygen atoms in total. The van der Waals surface area contributed by atoms with Crippen LogP contribution in [0.2, 0.25) is 0 Å². The maximum Gasteiger partial charge on any atom is 0.266 e. The molecule has 1 aliphatic heterocycles. The third kappa shape index (κ3) is 2.70. The molecule has 2 heterocycles. The molecule has 0 saturated heterocycles. The molecule has 0 radical (unpaired) electrons. The first-order valence-corrected chi connectivity index (χ1v) is 7.17. The van der Waals surface area contributed by atoms with E-state index in [1.54, 1.807) is 42.5 Å². The van der Waals surface area contributed by atoms with E-state index in [2.05, 4.69) is 4.98 Å². The quantitative estimate of drug-likeness (QED) is 0.322. The molecule has 122 valence electrons. The van der Waals surface area contributed by atoms with Crippen molar-refractivity contribution in [2.45, 2.75) is 6.04 Å². The molecule has 24 heavy (non-hydrogen) atoms. The number of pyridine rings is 1. The van der Waals surface area contributed by atoms with E-state index in [0.717, 1.165) is 0 Å². The average molecular weight is 325 g/mol. The first-order valence-electron chi connectivity index (χ1n) is 7.17. The largest absolute Gasteiger partial charge is 0.482 e. The number of anilines is 1. The molecule has 0 spiro atoms. The number of carbonyl (C=O) groups excluding carboxylic acids is 2. The standard InChI is InChI=1S/C16H15N5O3/c17-14(10-5-3-4-8-19-10)15(16(23)20-18)21-11-6-1-2-7-12(11)24-9-13(21)22/h1-8,15,17H,9,18H2,(H,20,23). The highest BCUT2D eigenvalue weighted by Crippen LogP contribution is 2.33. The minimum Gasteiger partial charge on any atom is -0.482 e. The van der Waals surface area contributed by atoms with Gasteiger partial charge in [-0.1, -0.05) is 18.2 Å². The van der Waals surface area contributed by atoms with Crippen molar-refractivity contribution in [2.24, 2.45) is 5.84 Å². The fourth-order valence-corrected chi connectivity index (χ4v) is 2.52. The van der Waals surface area contributed by atoms with Gasteiger partial charge in [-0.2, -0.15) is 0 Å². The molecule has 1 atom stereocenters. The van der Waals surface area contributed by atoms with Crippen molar-refractivity contribution in [3.05, 3.63) is 54.4 Å². The molecule has 8 heteroatoms. The number of amides is 2. The van der Waals surface area contributed by atoms with Gasteiger partial charge in [-0.05, 0) is 24.3 Å². The van der Waals surface area contributed by atoms with Crippen LogP contribution in [0.3, 0.4) is 0 Å². The molecule has 2 aromatic rings. The Morgan fingerprint density at radius 2 is 2.04 bits per heavy atom. The van der Waals surface area contributed by atoms with Crippen LogP contribution in [0.4, 0.5) is 5.69 Å². The molecule has 1 aromatic carbocycles. The molecule has 3 rings (SSSR count). The Hall–Kier alpha value is -3.26. The van der Waals surface area contributed by atoms with Crippen molar-refractivity contribution in [3.63, 3.8) is 0 Å². The van der Waals surface area contributed by atoms with Gasteiger partial charge in [0.15, 0.2) is 12.6 Å². The van der Waals surface area contributed by atoms with Gasteiger partial charge in [0.25, 0.3) is 11.8 Å². The number of ether oxygens (including phenoxy) is 1. The molecule has 1 unspecified atom stereocenters. The van der Waals surface area contributed by atoms with Gasteiger partial charge < -0.3 is 10.1 Å². The van der Waals surface area contributed by atoms with Gasteiger partial charge in [0.05, 0.1) is 17.1 Å². The summed E-state index contributed by atoms with van der Waals surface area (Å²) in [5.74, 6) is 4.61. The van der Waals surface area contributed by atoms with Crippen LogP contribution in [-0.2, 0) is 9.59 Å². The van der Waals surface area contributed by atoms with Crippen LogP contribution >= 0.6 is 0 Å². The predicted octanol–water partition coefficient (Wildman–Crippen LogP) is 0.234. The van der Waals surface area contributed by atoms with Crippen LogP contribution < -0.4 is 20.9 Å². The van der Waals surface area contributed by atoms with E-state index in [1.165, 1.54) is 11.1 Å². The number of nitrogens with two attached hydrogens (primary N) is 1. The van der Waals surface area contributed by atoms with Gasteiger partial charge in [0.1, 0.15) is 5.75 Å². The summed E-state index contributed by atoms with van der Waals surface area (Å²) in [5.41, 5.74) is 2.57. The Morgan fingerprint density at radius 1 is 1.29 bits per heavy atom. The number of rotatable bonds is 4. The van der Waals surface area contributed by atoms with Gasteiger partial charge in [0, 0.05) is 6.20 Å². The van der Waals surface area contributed by atoms with Gasteiger partial charge in [-0.25, -0.2) is 5.84 Å². The van der Waals surface area contributed by atoms with Crippen LogP contribution in [0.1, 0.15) is 5.69 Å². The third-order valence-electron chi connectivity index (χ3n) is 3.61. The van der Waals surface area contributed by atoms with Crippen molar-refractivity contribution < 1.29 is 14.3 Å². The first kappa shape index (κ1) is 15.6. The lowest BCUT2D eigenvalue weighted by molar-refractivity contribution is -0.126. The second-order valence-electron chi connectivity index (χ2n) is 5.06. The maximum atomic E-state index is 12.4. The summed E-state index contributed by atoms with van der Waals surface area (Å²) >= 11 is 0. The Morgan fingerprint density at radius 3 is 2.75 bits per heavy atom. The fourth-order valence-electron chi connectivity index (χ4n) is 2.52. The number of carbonyl (C=O) groups is 2. The van der Waals surface area contributed by atoms with E-state index in [-0.39, 0.29) is 18.0 Å². The number of para-hydroxylation sites is 2. The predicted molar refractivity (Wildman–Crippen MR) is 86.6 cm³/mol. The highest BCUT2D eigenvalue weighted by atomic mass is 16.5. The summed E-state index contributed by atoms with van der Waals surface area (Å²) in [6.07, 6.45) is 1.51. The van der Waals surface area contributed by atoms with E-state index in [9.17, 15) is 9.59 Å². The number of benzene rings is 1. The van der Waals surface area contributed by atoms with Crippen LogP contribution in [0, 0.1) is 5.41 Å². The fraction of sp³-hybridized carbons (Fsp3) is 0.125. The number of nitrogens with one attached hydrogen (secondary N) is 2. The van der Waals surface area contributed by atoms with Crippen molar-refractivity contribution in [1.29, 1.82) is 5.41 Å². The van der Waals surface area contributed by atoms with Crippen molar-refractivity contribution in [1.82, 2.24) is 10.4 Å². The normalized spacial score (nSPS) is 14.4. The van der Waals surface area contributed by atoms with Crippen LogP contribution in [0.5, 0.6) is 5.75 Å². The number of fused-ring (bicyclic) bond motifs is 1. The van der Waals surface area contributed by atoms with E-state index in [0.29, 0.717) is 11.4 Å². The smallest absolute Gasteiger partial charge is 0.266 e. The summed E-state index contributed by atoms with van der Waals surface area (Å²) in [6.45, 7) is -0.221. The number of aromatic nitrogens is 1. The second kappa shape index (κ2) is 6.47. The topological polar surface area (TPSA) is 121 Å². The first-order chi connectivity index (χ1) is 11.6. The Bertz CT molecular complexity index is 793. The van der Waals surface area contributed by atoms with Crippen LogP contribution in [-0.4, -0.2) is 35.2 Å². The zero-order valence-corrected chi connectivity index (χ0v) is 12.6. The molecular weight excluding hydrogens is 310 g/mol. The lowest BCUT2D eigenvalue weighted by Crippen LogP contribution is -2.57. The minimum atomic E-state index is -1.25. The second-order valence-corrected chi connectivity index (χ2v) is 5.06. The summed E-state index contributed by atoms with van der Waals surface area (Å²) in [5, 5.41) is 8.37. The van der Waals surface area contributed by atoms with Crippen LogP contribution in [0.25, 0.3) is 0 Å². The van der Waals surface area contributed by atoms with Gasteiger partial charge in [-0.3, -0.25) is 24.9 Å². The lowest BCUT2D eigenvalue weighted by atomic mass is 10.0. The highest BCUT2D eigenvalue weighted by Gasteiger charge is 2.39. The van der Waals surface area contributed by atoms with Crippen LogP contribution in [0.15, 0.2) is 48.7 Å². The molecule has 0 aliphatic carbocycles. The van der Waals surface area contributed by atoms with Gasteiger partial charge in [0.2, 0.25) is 0 Å². The molecule has 1 aliphatic rings. The molecule has 2 amide bonds. The summed E-state index contributed by atoms with van der Waals surface area (Å²) < 4.78 is 5.37. The van der Waals surface area contributed by atoms with Gasteiger partial charge >= 0.3 is 0 Å². The van der Waals surface area contributed by atoms with E-state index in [1.807, 2.05) is 5.43 Å². The zero-order valence-electron chi connectivity index (χ0n) is 12.6. The molecular formula is C16H15N5O3. The zero-order chi connectivity index (χ0) is 17.1. The SMILES string of the molecule is N=C(c1ccccn1)C(C(=O)NN)N1C(=O)COc2ccccc21. The number of hydrogen-bond acceptors (Lipinski definition) is 6. The summed E-state index contributed by atoms with van der Waals surface area (Å²) in [6, 6.07) is 10.6. The Balaban J connectivity index is 2.08. The maximum absolute atomic E-state index is 12.4. The number of hydrogen-bond donors (Lipinski definition) is 3. The molecule has 0 bridgehead atoms.